The van der Waals surface area contributed by atoms with Crippen LogP contribution in [0, 0.1) is 6.92 Å². The van der Waals surface area contributed by atoms with Gasteiger partial charge in [-0.2, -0.15) is 4.98 Å². The summed E-state index contributed by atoms with van der Waals surface area (Å²) in [4.78, 5) is 30.5. The first-order chi connectivity index (χ1) is 13.7. The second-order valence-corrected chi connectivity index (χ2v) is 7.72. The minimum absolute atomic E-state index is 0.0425. The van der Waals surface area contributed by atoms with Gasteiger partial charge in [0, 0.05) is 38.8 Å². The number of carbonyl (C=O) groups is 1. The van der Waals surface area contributed by atoms with Crippen LogP contribution in [0.4, 0.5) is 0 Å². The molecule has 1 aliphatic rings. The lowest BCUT2D eigenvalue weighted by Crippen LogP contribution is -2.49. The highest BCUT2D eigenvalue weighted by Gasteiger charge is 2.23. The molecule has 0 bridgehead atoms. The Morgan fingerprint density at radius 3 is 2.79 bits per heavy atom. The number of rotatable bonds is 6. The van der Waals surface area contributed by atoms with Crippen molar-refractivity contribution in [2.75, 3.05) is 32.7 Å². The fourth-order valence-electron chi connectivity index (χ4n) is 3.16. The zero-order valence-corrected chi connectivity index (χ0v) is 16.6. The van der Waals surface area contributed by atoms with Gasteiger partial charge in [-0.3, -0.25) is 14.7 Å². The Hall–Kier alpha value is -2.65. The van der Waals surface area contributed by atoms with Crippen LogP contribution < -0.4 is 0 Å². The van der Waals surface area contributed by atoms with Gasteiger partial charge < -0.3 is 9.42 Å². The molecule has 4 rings (SSSR count). The van der Waals surface area contributed by atoms with Gasteiger partial charge in [0.1, 0.15) is 5.69 Å². The Morgan fingerprint density at radius 1 is 1.21 bits per heavy atom. The number of piperazine rings is 1. The van der Waals surface area contributed by atoms with Crippen LogP contribution in [-0.4, -0.2) is 68.5 Å². The first kappa shape index (κ1) is 18.7. The van der Waals surface area contributed by atoms with Gasteiger partial charge in [0.15, 0.2) is 0 Å². The third-order valence-electron chi connectivity index (χ3n) is 4.73. The van der Waals surface area contributed by atoms with E-state index in [4.69, 9.17) is 4.52 Å². The zero-order valence-electron chi connectivity index (χ0n) is 15.7. The molecular weight excluding hydrogens is 376 g/mol. The van der Waals surface area contributed by atoms with Crippen molar-refractivity contribution in [3.63, 3.8) is 0 Å². The maximum atomic E-state index is 12.5. The van der Waals surface area contributed by atoms with Crippen molar-refractivity contribution in [2.24, 2.45) is 0 Å². The van der Waals surface area contributed by atoms with E-state index >= 15 is 0 Å². The molecule has 3 aromatic heterocycles. The molecule has 8 nitrogen and oxygen atoms in total. The molecule has 0 aliphatic carbocycles. The summed E-state index contributed by atoms with van der Waals surface area (Å²) in [5.41, 5.74) is 1.22. The third kappa shape index (κ3) is 4.42. The molecule has 0 aromatic carbocycles. The summed E-state index contributed by atoms with van der Waals surface area (Å²) in [6, 6.07) is 3.97. The molecule has 0 radical (unpaired) electrons. The van der Waals surface area contributed by atoms with E-state index < -0.39 is 0 Å². The Bertz CT molecular complexity index is 901. The fraction of sp³-hybridized carbons (Fsp3) is 0.421. The van der Waals surface area contributed by atoms with E-state index in [-0.39, 0.29) is 5.91 Å². The van der Waals surface area contributed by atoms with Crippen molar-refractivity contribution in [3.05, 3.63) is 47.2 Å². The fourth-order valence-corrected chi connectivity index (χ4v) is 3.80. The van der Waals surface area contributed by atoms with Crippen LogP contribution in [0.5, 0.6) is 0 Å². The van der Waals surface area contributed by atoms with Crippen molar-refractivity contribution < 1.29 is 9.32 Å². The molecule has 0 N–H and O–H groups in total. The maximum Gasteiger partial charge on any atom is 0.274 e. The highest BCUT2D eigenvalue weighted by atomic mass is 32.1. The number of aromatic nitrogens is 4. The summed E-state index contributed by atoms with van der Waals surface area (Å²) < 4.78 is 5.35. The molecule has 1 fully saturated rings. The van der Waals surface area contributed by atoms with Crippen LogP contribution in [0.1, 0.15) is 28.5 Å². The first-order valence-electron chi connectivity index (χ1n) is 9.36. The predicted octanol–water partition coefficient (Wildman–Crippen LogP) is 2.29. The van der Waals surface area contributed by atoms with E-state index in [0.29, 0.717) is 30.5 Å². The van der Waals surface area contributed by atoms with Crippen molar-refractivity contribution in [3.8, 4) is 10.7 Å². The third-order valence-corrected chi connectivity index (χ3v) is 5.60. The van der Waals surface area contributed by atoms with Crippen molar-refractivity contribution in [1.29, 1.82) is 0 Å². The van der Waals surface area contributed by atoms with Gasteiger partial charge in [-0.15, -0.1) is 11.3 Å². The Kier molecular flexibility index (Phi) is 5.73. The first-order valence-corrected chi connectivity index (χ1v) is 10.2. The molecule has 4 heterocycles. The van der Waals surface area contributed by atoms with E-state index in [1.807, 2.05) is 29.3 Å². The predicted molar refractivity (Wildman–Crippen MR) is 105 cm³/mol. The molecule has 1 saturated heterocycles. The number of carbonyl (C=O) groups excluding carboxylic acids is 1. The van der Waals surface area contributed by atoms with Crippen LogP contribution >= 0.6 is 11.3 Å². The molecule has 3 aromatic rings. The van der Waals surface area contributed by atoms with Crippen LogP contribution in [0.25, 0.3) is 10.7 Å². The molecule has 0 saturated carbocycles. The molecule has 28 heavy (non-hydrogen) atoms. The Balaban J connectivity index is 1.21. The average molecular weight is 398 g/mol. The monoisotopic (exact) mass is 398 g/mol. The maximum absolute atomic E-state index is 12.5. The molecule has 0 atom stereocenters. The molecule has 9 heteroatoms. The van der Waals surface area contributed by atoms with E-state index in [0.717, 1.165) is 43.0 Å². The molecule has 146 valence electrons. The standard InChI is InChI=1S/C19H22N6O2S/c1-14-12-21-15(13-20-14)19(26)25-9-7-24(8-10-25)6-2-5-17-22-18(23-27-17)16-4-3-11-28-16/h3-4,11-13H,2,5-10H2,1H3. The second-order valence-electron chi connectivity index (χ2n) is 6.77. The normalized spacial score (nSPS) is 15.1. The molecular formula is C19H22N6O2S. The van der Waals surface area contributed by atoms with Gasteiger partial charge in [0.25, 0.3) is 5.91 Å². The minimum Gasteiger partial charge on any atom is -0.339 e. The molecule has 0 unspecified atom stereocenters. The summed E-state index contributed by atoms with van der Waals surface area (Å²) in [6.07, 6.45) is 4.89. The van der Waals surface area contributed by atoms with Crippen molar-refractivity contribution in [1.82, 2.24) is 29.9 Å². The van der Waals surface area contributed by atoms with Crippen LogP contribution in [0.3, 0.4) is 0 Å². The highest BCUT2D eigenvalue weighted by molar-refractivity contribution is 7.13. The summed E-state index contributed by atoms with van der Waals surface area (Å²) in [5, 5.41) is 6.04. The van der Waals surface area contributed by atoms with Crippen LogP contribution in [0.15, 0.2) is 34.4 Å². The van der Waals surface area contributed by atoms with Gasteiger partial charge in [-0.1, -0.05) is 11.2 Å². The number of nitrogens with zero attached hydrogens (tertiary/aromatic N) is 6. The lowest BCUT2D eigenvalue weighted by atomic mass is 10.2. The SMILES string of the molecule is Cc1cnc(C(=O)N2CCN(CCCc3nc(-c4cccs4)no3)CC2)cn1. The Labute approximate surface area is 167 Å². The Morgan fingerprint density at radius 2 is 2.07 bits per heavy atom. The molecule has 1 amide bonds. The number of thiophene rings is 1. The summed E-state index contributed by atoms with van der Waals surface area (Å²) >= 11 is 1.60. The van der Waals surface area contributed by atoms with E-state index in [1.165, 1.54) is 0 Å². The van der Waals surface area contributed by atoms with E-state index in [9.17, 15) is 4.79 Å². The quantitative estimate of drug-likeness (QED) is 0.629. The van der Waals surface area contributed by atoms with Crippen molar-refractivity contribution in [2.45, 2.75) is 19.8 Å². The van der Waals surface area contributed by atoms with Gasteiger partial charge in [-0.25, -0.2) is 4.98 Å². The lowest BCUT2D eigenvalue weighted by molar-refractivity contribution is 0.0629. The molecule has 1 aliphatic heterocycles. The second kappa shape index (κ2) is 8.57. The largest absolute Gasteiger partial charge is 0.339 e. The van der Waals surface area contributed by atoms with Gasteiger partial charge in [-0.05, 0) is 31.3 Å². The van der Waals surface area contributed by atoms with E-state index in [2.05, 4.69) is 25.0 Å². The number of amides is 1. The number of aryl methyl sites for hydroxylation is 2. The van der Waals surface area contributed by atoms with Gasteiger partial charge >= 0.3 is 0 Å². The smallest absolute Gasteiger partial charge is 0.274 e. The summed E-state index contributed by atoms with van der Waals surface area (Å²) in [5.74, 6) is 1.30. The van der Waals surface area contributed by atoms with E-state index in [1.54, 1.807) is 23.7 Å². The summed E-state index contributed by atoms with van der Waals surface area (Å²) in [6.45, 7) is 5.93. The van der Waals surface area contributed by atoms with Crippen LogP contribution in [-0.2, 0) is 6.42 Å². The summed E-state index contributed by atoms with van der Waals surface area (Å²) in [7, 11) is 0. The van der Waals surface area contributed by atoms with Crippen molar-refractivity contribution >= 4 is 17.2 Å². The number of hydrogen-bond donors (Lipinski definition) is 0. The topological polar surface area (TPSA) is 88.3 Å². The zero-order chi connectivity index (χ0) is 19.3. The number of hydrogen-bond acceptors (Lipinski definition) is 8. The lowest BCUT2D eigenvalue weighted by Gasteiger charge is -2.34. The molecule has 0 spiro atoms. The van der Waals surface area contributed by atoms with Crippen LogP contribution in [0.2, 0.25) is 0 Å². The van der Waals surface area contributed by atoms with Gasteiger partial charge in [0.05, 0.1) is 16.8 Å². The minimum atomic E-state index is -0.0425. The highest BCUT2D eigenvalue weighted by Crippen LogP contribution is 2.21. The average Bonchev–Trinajstić information content (AvgIpc) is 3.40. The van der Waals surface area contributed by atoms with Gasteiger partial charge in [0.2, 0.25) is 11.7 Å².